The van der Waals surface area contributed by atoms with Gasteiger partial charge in [0.1, 0.15) is 18.1 Å². The molecule has 8 nitrogen and oxygen atoms in total. The molecular weight excluding hydrogens is 552 g/mol. The van der Waals surface area contributed by atoms with Crippen molar-refractivity contribution < 1.29 is 19.1 Å². The van der Waals surface area contributed by atoms with Crippen LogP contribution in [0.25, 0.3) is 11.3 Å². The van der Waals surface area contributed by atoms with Crippen LogP contribution < -0.4 is 20.1 Å². The summed E-state index contributed by atoms with van der Waals surface area (Å²) in [4.78, 5) is 26.5. The van der Waals surface area contributed by atoms with E-state index in [1.54, 1.807) is 7.11 Å². The highest BCUT2D eigenvalue weighted by Gasteiger charge is 2.29. The van der Waals surface area contributed by atoms with Gasteiger partial charge in [-0.1, -0.05) is 83.4 Å². The van der Waals surface area contributed by atoms with E-state index in [0.29, 0.717) is 48.6 Å². The van der Waals surface area contributed by atoms with E-state index in [2.05, 4.69) is 38.3 Å². The molecule has 0 bridgehead atoms. The number of methoxy groups -OCH3 is 1. The molecule has 2 aromatic carbocycles. The lowest BCUT2D eigenvalue weighted by atomic mass is 9.87. The number of benzene rings is 2. The lowest BCUT2D eigenvalue weighted by Crippen LogP contribution is -2.40. The number of aromatic nitrogens is 2. The fourth-order valence-electron chi connectivity index (χ4n) is 6.11. The number of amides is 2. The maximum Gasteiger partial charge on any atom is 0.272 e. The van der Waals surface area contributed by atoms with Crippen LogP contribution in [0.1, 0.15) is 101 Å². The Morgan fingerprint density at radius 2 is 1.84 bits per heavy atom. The molecule has 2 unspecified atom stereocenters. The highest BCUT2D eigenvalue weighted by atomic mass is 16.5. The molecule has 238 valence electrons. The second-order valence-electron chi connectivity index (χ2n) is 12.6. The number of unbranched alkanes of at least 4 members (excludes halogenated alkanes) is 1. The molecule has 44 heavy (non-hydrogen) atoms. The Bertz CT molecular complexity index is 1350. The summed E-state index contributed by atoms with van der Waals surface area (Å²) < 4.78 is 14.3. The molecule has 2 amide bonds. The van der Waals surface area contributed by atoms with Crippen LogP contribution in [-0.4, -0.2) is 41.3 Å². The number of nitrogens with zero attached hydrogens (tertiary/aromatic N) is 2. The minimum Gasteiger partial charge on any atom is -0.496 e. The summed E-state index contributed by atoms with van der Waals surface area (Å²) in [5.74, 6) is 1.90. The van der Waals surface area contributed by atoms with E-state index in [1.807, 2.05) is 59.3 Å². The van der Waals surface area contributed by atoms with Crippen LogP contribution >= 0.6 is 0 Å². The summed E-state index contributed by atoms with van der Waals surface area (Å²) in [7, 11) is 1.65. The first-order chi connectivity index (χ1) is 21.3. The summed E-state index contributed by atoms with van der Waals surface area (Å²) in [6.45, 7) is 9.63. The van der Waals surface area contributed by atoms with Crippen LogP contribution in [0, 0.1) is 11.8 Å². The summed E-state index contributed by atoms with van der Waals surface area (Å²) >= 11 is 0. The molecule has 0 saturated heterocycles. The van der Waals surface area contributed by atoms with Gasteiger partial charge in [-0.05, 0) is 61.3 Å². The second-order valence-corrected chi connectivity index (χ2v) is 12.6. The quantitative estimate of drug-likeness (QED) is 0.178. The van der Waals surface area contributed by atoms with Crippen molar-refractivity contribution in [2.24, 2.45) is 11.8 Å². The second kappa shape index (κ2) is 16.3. The van der Waals surface area contributed by atoms with Gasteiger partial charge in [0, 0.05) is 19.0 Å². The number of rotatable bonds is 15. The zero-order chi connectivity index (χ0) is 31.5. The summed E-state index contributed by atoms with van der Waals surface area (Å²) in [5, 5.41) is 11.1. The molecule has 8 heteroatoms. The predicted octanol–water partition coefficient (Wildman–Crippen LogP) is 7.34. The molecule has 1 saturated carbocycles. The van der Waals surface area contributed by atoms with E-state index in [-0.39, 0.29) is 30.3 Å². The van der Waals surface area contributed by atoms with E-state index < -0.39 is 0 Å². The summed E-state index contributed by atoms with van der Waals surface area (Å²) in [6.07, 6.45) is 7.17. The van der Waals surface area contributed by atoms with Gasteiger partial charge in [0.05, 0.1) is 24.4 Å². The zero-order valence-electron chi connectivity index (χ0n) is 27.1. The van der Waals surface area contributed by atoms with Gasteiger partial charge in [0.2, 0.25) is 5.91 Å². The molecule has 4 rings (SSSR count). The number of hydrogen-bond donors (Lipinski definition) is 2. The molecule has 0 aliphatic heterocycles. The maximum atomic E-state index is 13.8. The Morgan fingerprint density at radius 1 is 1.07 bits per heavy atom. The van der Waals surface area contributed by atoms with Gasteiger partial charge < -0.3 is 20.1 Å². The van der Waals surface area contributed by atoms with Crippen molar-refractivity contribution in [1.82, 2.24) is 20.4 Å². The molecule has 1 aliphatic carbocycles. The smallest absolute Gasteiger partial charge is 0.272 e. The fourth-order valence-corrected chi connectivity index (χ4v) is 6.11. The van der Waals surface area contributed by atoms with Crippen molar-refractivity contribution in [3.05, 3.63) is 65.9 Å². The molecule has 0 spiro atoms. The van der Waals surface area contributed by atoms with E-state index in [9.17, 15) is 9.59 Å². The number of nitrogens with one attached hydrogen (secondary N) is 2. The van der Waals surface area contributed by atoms with Crippen LogP contribution in [0.5, 0.6) is 11.5 Å². The molecule has 2 N–H and O–H groups in total. The monoisotopic (exact) mass is 602 g/mol. The molecule has 1 heterocycles. The third-order valence-corrected chi connectivity index (χ3v) is 8.30. The third kappa shape index (κ3) is 9.10. The Morgan fingerprint density at radius 3 is 2.55 bits per heavy atom. The van der Waals surface area contributed by atoms with Crippen LogP contribution in [0.4, 0.5) is 0 Å². The number of ether oxygens (including phenoxy) is 2. The first kappa shape index (κ1) is 33.1. The van der Waals surface area contributed by atoms with E-state index in [0.717, 1.165) is 48.9 Å². The van der Waals surface area contributed by atoms with Gasteiger partial charge in [-0.2, -0.15) is 5.10 Å². The Hall–Kier alpha value is -3.81. The van der Waals surface area contributed by atoms with Gasteiger partial charge >= 0.3 is 0 Å². The van der Waals surface area contributed by atoms with Crippen LogP contribution in [0.2, 0.25) is 0 Å². The van der Waals surface area contributed by atoms with E-state index in [1.165, 1.54) is 6.42 Å². The lowest BCUT2D eigenvalue weighted by Gasteiger charge is -2.29. The predicted molar refractivity (Wildman–Crippen MR) is 175 cm³/mol. The van der Waals surface area contributed by atoms with Crippen molar-refractivity contribution >= 4 is 11.8 Å². The molecule has 3 atom stereocenters. The molecule has 1 aliphatic rings. The highest BCUT2D eigenvalue weighted by molar-refractivity contribution is 5.94. The topological polar surface area (TPSA) is 94.5 Å². The van der Waals surface area contributed by atoms with Crippen LogP contribution in [0.3, 0.4) is 0 Å². The minimum absolute atomic E-state index is 0.0407. The number of carbonyl (C=O) groups excluding carboxylic acids is 2. The standard InChI is InChI=1S/C36H50N4O4/c1-6-7-19-37-34(41)22-28(20-25(2)3)38-36(42)30-23-31(40(39-30)29-16-11-13-26(4)21-29)35-32(43-5)17-12-18-33(35)44-24-27-14-9-8-10-15-27/h8-10,12,14-15,17-18,23,25-26,28-29H,6-7,11,13,16,19-22,24H2,1-5H3,(H,37,41)(H,38,42)/t26?,28-,29?/m0/s1. The van der Waals surface area contributed by atoms with Crippen molar-refractivity contribution in [1.29, 1.82) is 0 Å². The normalized spacial score (nSPS) is 17.2. The van der Waals surface area contributed by atoms with Crippen LogP contribution in [0.15, 0.2) is 54.6 Å². The third-order valence-electron chi connectivity index (χ3n) is 8.30. The Balaban J connectivity index is 1.67. The summed E-state index contributed by atoms with van der Waals surface area (Å²) in [6, 6.07) is 17.5. The molecular formula is C36H50N4O4. The van der Waals surface area contributed by atoms with Gasteiger partial charge in [0.15, 0.2) is 5.69 Å². The first-order valence-corrected chi connectivity index (χ1v) is 16.3. The number of carbonyl (C=O) groups is 2. The largest absolute Gasteiger partial charge is 0.496 e. The van der Waals surface area contributed by atoms with Crippen molar-refractivity contribution in [2.45, 2.75) is 97.8 Å². The van der Waals surface area contributed by atoms with Crippen molar-refractivity contribution in [3.8, 4) is 22.8 Å². The lowest BCUT2D eigenvalue weighted by molar-refractivity contribution is -0.121. The molecule has 3 aromatic rings. The van der Waals surface area contributed by atoms with Gasteiger partial charge in [-0.15, -0.1) is 0 Å². The molecule has 0 radical (unpaired) electrons. The maximum absolute atomic E-state index is 13.8. The first-order valence-electron chi connectivity index (χ1n) is 16.3. The SMILES string of the molecule is CCCCNC(=O)C[C@H](CC(C)C)NC(=O)c1cc(-c2c(OC)cccc2OCc2ccccc2)n(C2CCCC(C)C2)n1. The van der Waals surface area contributed by atoms with Gasteiger partial charge in [0.25, 0.3) is 5.91 Å². The van der Waals surface area contributed by atoms with Gasteiger partial charge in [-0.3, -0.25) is 14.3 Å². The van der Waals surface area contributed by atoms with Crippen molar-refractivity contribution in [2.75, 3.05) is 13.7 Å². The zero-order valence-corrected chi connectivity index (χ0v) is 27.1. The number of hydrogen-bond acceptors (Lipinski definition) is 5. The summed E-state index contributed by atoms with van der Waals surface area (Å²) in [5.41, 5.74) is 2.97. The minimum atomic E-state index is -0.288. The van der Waals surface area contributed by atoms with Crippen LogP contribution in [-0.2, 0) is 11.4 Å². The Kier molecular flexibility index (Phi) is 12.3. The molecule has 1 fully saturated rings. The Labute approximate surface area is 262 Å². The highest BCUT2D eigenvalue weighted by Crippen LogP contribution is 2.42. The average molecular weight is 603 g/mol. The van der Waals surface area contributed by atoms with Gasteiger partial charge in [-0.25, -0.2) is 0 Å². The fraction of sp³-hybridized carbons (Fsp3) is 0.528. The van der Waals surface area contributed by atoms with E-state index in [4.69, 9.17) is 14.6 Å². The average Bonchev–Trinajstić information content (AvgIpc) is 3.45. The van der Waals surface area contributed by atoms with E-state index >= 15 is 0 Å². The van der Waals surface area contributed by atoms with Crippen molar-refractivity contribution in [3.63, 3.8) is 0 Å². The molecule has 1 aromatic heterocycles.